The number of thiol groups is 1. The van der Waals surface area contributed by atoms with Gasteiger partial charge in [-0.15, -0.1) is 0 Å². The summed E-state index contributed by atoms with van der Waals surface area (Å²) in [6, 6.07) is 4.65. The number of aromatic carboxylic acids is 1. The lowest BCUT2D eigenvalue weighted by Crippen LogP contribution is -2.47. The van der Waals surface area contributed by atoms with Gasteiger partial charge in [0.25, 0.3) is 0 Å². The number of benzene rings is 2. The fourth-order valence-corrected chi connectivity index (χ4v) is 5.77. The third-order valence-corrected chi connectivity index (χ3v) is 8.02. The number of carbonyl (C=O) groups is 3. The summed E-state index contributed by atoms with van der Waals surface area (Å²) in [6.07, 6.45) is -0.318. The second-order valence-electron chi connectivity index (χ2n) is 10.2. The number of anilines is 3. The van der Waals surface area contributed by atoms with E-state index in [1.54, 1.807) is 17.9 Å². The molecule has 2 aliphatic heterocycles. The van der Waals surface area contributed by atoms with E-state index in [-0.39, 0.29) is 73.8 Å². The Hall–Kier alpha value is -4.60. The van der Waals surface area contributed by atoms with E-state index in [0.717, 1.165) is 16.6 Å². The van der Waals surface area contributed by atoms with Crippen molar-refractivity contribution >= 4 is 58.9 Å². The molecule has 2 aromatic carbocycles. The molecule has 0 saturated carbocycles. The number of amides is 3. The summed E-state index contributed by atoms with van der Waals surface area (Å²) >= 11 is 4.06. The van der Waals surface area contributed by atoms with Crippen molar-refractivity contribution in [3.8, 4) is 0 Å². The van der Waals surface area contributed by atoms with Crippen LogP contribution in [0, 0.1) is 17.5 Å². The summed E-state index contributed by atoms with van der Waals surface area (Å²) in [5, 5.41) is 11.4. The number of carboxylic acid groups (broad SMARTS) is 1. The van der Waals surface area contributed by atoms with Crippen LogP contribution in [-0.4, -0.2) is 84.5 Å². The maximum atomic E-state index is 15.8. The van der Waals surface area contributed by atoms with Gasteiger partial charge in [0.2, 0.25) is 5.43 Å². The molecule has 0 radical (unpaired) electrons. The Morgan fingerprint density at radius 2 is 1.77 bits per heavy atom. The molecule has 234 valence electrons. The van der Waals surface area contributed by atoms with Crippen LogP contribution in [0.2, 0.25) is 0 Å². The molecule has 12 nitrogen and oxygen atoms in total. The number of cyclic esters (lactones) is 1. The molecule has 0 aliphatic carbocycles. The van der Waals surface area contributed by atoms with Gasteiger partial charge in [0.1, 0.15) is 29.0 Å². The number of urea groups is 1. The molecule has 0 bridgehead atoms. The summed E-state index contributed by atoms with van der Waals surface area (Å²) in [5.74, 6) is -4.09. The fourth-order valence-electron chi connectivity index (χ4n) is 5.49. The molecule has 3 aromatic rings. The van der Waals surface area contributed by atoms with Crippen LogP contribution >= 0.6 is 12.8 Å². The molecule has 1 unspecified atom stereocenters. The molecule has 0 spiro atoms. The van der Waals surface area contributed by atoms with E-state index in [0.29, 0.717) is 0 Å². The number of carbonyl (C=O) groups excluding carboxylic acids is 2. The Kier molecular flexibility index (Phi) is 8.54. The van der Waals surface area contributed by atoms with Crippen LogP contribution in [0.15, 0.2) is 35.3 Å². The van der Waals surface area contributed by atoms with Crippen molar-refractivity contribution in [2.45, 2.75) is 19.6 Å². The minimum absolute atomic E-state index is 0.0220. The standard InChI is InChI=1S/C28H29F3N6O6S/c1-3-33-14-18(26(39)40)25(38)17-11-20(30)24(22(31)23(17)33)35-8-6-34(7-9-35)21-5-4-15(10-19(21)29)36-12-16(43-28(36)42)13-37(44)27(41)32-2/h4-5,10-11,14,16,44H,3,6-9,12-13H2,1-2H3,(H,32,41)(H,39,40). The SMILES string of the molecule is CCn1cc(C(=O)O)c(=O)c2cc(F)c(N3CCN(c4ccc(N5CC(CN(S)C(=O)NC)OC5=O)cc4F)CC3)c(F)c21. The average molecular weight is 635 g/mol. The zero-order valence-electron chi connectivity index (χ0n) is 23.7. The van der Waals surface area contributed by atoms with Gasteiger partial charge >= 0.3 is 18.1 Å². The van der Waals surface area contributed by atoms with Crippen molar-refractivity contribution in [2.75, 3.05) is 61.0 Å². The first-order valence-electron chi connectivity index (χ1n) is 13.7. The van der Waals surface area contributed by atoms with Crippen molar-refractivity contribution in [1.29, 1.82) is 0 Å². The molecule has 5 rings (SSSR count). The highest BCUT2D eigenvalue weighted by Crippen LogP contribution is 2.33. The van der Waals surface area contributed by atoms with E-state index >= 15 is 13.2 Å². The van der Waals surface area contributed by atoms with Crippen molar-refractivity contribution in [3.05, 3.63) is 63.7 Å². The maximum Gasteiger partial charge on any atom is 0.414 e. The molecule has 16 heteroatoms. The first-order chi connectivity index (χ1) is 20.9. The number of hydrogen-bond donors (Lipinski definition) is 3. The zero-order chi connectivity index (χ0) is 31.9. The number of halogens is 3. The predicted molar refractivity (Wildman–Crippen MR) is 159 cm³/mol. The number of carboxylic acids is 1. The summed E-state index contributed by atoms with van der Waals surface area (Å²) in [5.41, 5.74) is -1.61. The quantitative estimate of drug-likeness (QED) is 0.338. The van der Waals surface area contributed by atoms with Crippen molar-refractivity contribution in [1.82, 2.24) is 14.2 Å². The third-order valence-electron chi connectivity index (χ3n) is 7.68. The Bertz CT molecular complexity index is 1710. The predicted octanol–water partition coefficient (Wildman–Crippen LogP) is 3.27. The highest BCUT2D eigenvalue weighted by molar-refractivity contribution is 7.78. The minimum atomic E-state index is -1.49. The lowest BCUT2D eigenvalue weighted by atomic mass is 10.1. The Labute approximate surface area is 254 Å². The Morgan fingerprint density at radius 3 is 2.39 bits per heavy atom. The van der Waals surface area contributed by atoms with Gasteiger partial charge in [-0.05, 0) is 31.2 Å². The number of aromatic nitrogens is 1. The second-order valence-corrected chi connectivity index (χ2v) is 10.7. The summed E-state index contributed by atoms with van der Waals surface area (Å²) < 4.78 is 54.0. The van der Waals surface area contributed by atoms with Crippen molar-refractivity contribution in [3.63, 3.8) is 0 Å². The van der Waals surface area contributed by atoms with Crippen LogP contribution in [0.4, 0.5) is 39.8 Å². The lowest BCUT2D eigenvalue weighted by molar-refractivity contribution is 0.0694. The maximum absolute atomic E-state index is 15.8. The number of pyridine rings is 1. The number of nitrogens with zero attached hydrogens (tertiary/aromatic N) is 5. The molecule has 1 aromatic heterocycles. The van der Waals surface area contributed by atoms with E-state index in [1.807, 2.05) is 0 Å². The summed E-state index contributed by atoms with van der Waals surface area (Å²) in [6.45, 7) is 2.54. The summed E-state index contributed by atoms with van der Waals surface area (Å²) in [4.78, 5) is 52.7. The summed E-state index contributed by atoms with van der Waals surface area (Å²) in [7, 11) is 1.44. The van der Waals surface area contributed by atoms with Crippen molar-refractivity contribution < 1.29 is 37.4 Å². The van der Waals surface area contributed by atoms with Gasteiger partial charge in [0.15, 0.2) is 5.82 Å². The Morgan fingerprint density at radius 1 is 1.09 bits per heavy atom. The van der Waals surface area contributed by atoms with Gasteiger partial charge < -0.3 is 29.5 Å². The molecule has 2 fully saturated rings. The monoisotopic (exact) mass is 634 g/mol. The van der Waals surface area contributed by atoms with Gasteiger partial charge in [-0.2, -0.15) is 0 Å². The number of piperazine rings is 1. The van der Waals surface area contributed by atoms with Crippen LogP contribution in [0.3, 0.4) is 0 Å². The zero-order valence-corrected chi connectivity index (χ0v) is 24.6. The highest BCUT2D eigenvalue weighted by Gasteiger charge is 2.35. The van der Waals surface area contributed by atoms with Crippen LogP contribution in [-0.2, 0) is 11.3 Å². The van der Waals surface area contributed by atoms with Crippen LogP contribution < -0.4 is 25.4 Å². The number of fused-ring (bicyclic) bond motifs is 1. The van der Waals surface area contributed by atoms with Gasteiger partial charge in [0, 0.05) is 46.0 Å². The van der Waals surface area contributed by atoms with E-state index in [2.05, 4.69) is 18.1 Å². The molecule has 2 saturated heterocycles. The molecule has 1 atom stereocenters. The van der Waals surface area contributed by atoms with Crippen molar-refractivity contribution in [2.24, 2.45) is 0 Å². The van der Waals surface area contributed by atoms with Gasteiger partial charge in [-0.25, -0.2) is 27.6 Å². The fraction of sp³-hybridized carbons (Fsp3) is 0.357. The molecule has 44 heavy (non-hydrogen) atoms. The average Bonchev–Trinajstić information content (AvgIpc) is 3.36. The Balaban J connectivity index is 1.32. The number of hydrogen-bond acceptors (Lipinski definition) is 8. The largest absolute Gasteiger partial charge is 0.477 e. The normalized spacial score (nSPS) is 16.8. The number of ether oxygens (including phenoxy) is 1. The smallest absolute Gasteiger partial charge is 0.414 e. The van der Waals surface area contributed by atoms with E-state index in [9.17, 15) is 24.3 Å². The molecule has 2 N–H and O–H groups in total. The lowest BCUT2D eigenvalue weighted by Gasteiger charge is -2.38. The number of nitrogens with one attached hydrogen (secondary N) is 1. The van der Waals surface area contributed by atoms with Gasteiger partial charge in [-0.3, -0.25) is 14.0 Å². The highest BCUT2D eigenvalue weighted by atomic mass is 32.1. The third kappa shape index (κ3) is 5.56. The topological polar surface area (TPSA) is 128 Å². The van der Waals surface area contributed by atoms with Gasteiger partial charge in [-0.1, -0.05) is 12.8 Å². The van der Waals surface area contributed by atoms with Crippen LogP contribution in [0.1, 0.15) is 17.3 Å². The molecular formula is C28H29F3N6O6S. The second kappa shape index (κ2) is 12.2. The van der Waals surface area contributed by atoms with Crippen LogP contribution in [0.25, 0.3) is 10.9 Å². The molecule has 3 amide bonds. The van der Waals surface area contributed by atoms with Crippen LogP contribution in [0.5, 0.6) is 0 Å². The van der Waals surface area contributed by atoms with E-state index in [1.165, 1.54) is 33.5 Å². The first-order valence-corrected chi connectivity index (χ1v) is 14.1. The number of aryl methyl sites for hydroxylation is 1. The van der Waals surface area contributed by atoms with E-state index < -0.39 is 52.6 Å². The molecular weight excluding hydrogens is 605 g/mol. The van der Waals surface area contributed by atoms with Gasteiger partial charge in [0.05, 0.1) is 35.4 Å². The number of rotatable bonds is 7. The molecule has 2 aliphatic rings. The molecule has 3 heterocycles. The first kappa shape index (κ1) is 30.8. The van der Waals surface area contributed by atoms with E-state index in [4.69, 9.17) is 4.74 Å². The minimum Gasteiger partial charge on any atom is -0.477 e.